The second-order valence-electron chi connectivity index (χ2n) is 9.29. The number of nitrogens with zero attached hydrogens (tertiary/aromatic N) is 2. The van der Waals surface area contributed by atoms with Crippen molar-refractivity contribution >= 4 is 53.4 Å². The summed E-state index contributed by atoms with van der Waals surface area (Å²) in [7, 11) is 0. The lowest BCUT2D eigenvalue weighted by Crippen LogP contribution is -2.17. The lowest BCUT2D eigenvalue weighted by Gasteiger charge is -2.05. The first-order valence-corrected chi connectivity index (χ1v) is 13.3. The zero-order chi connectivity index (χ0) is 25.1. The first-order chi connectivity index (χ1) is 18.8. The van der Waals surface area contributed by atoms with E-state index in [1.807, 2.05) is 48.5 Å². The quantitative estimate of drug-likeness (QED) is 0.241. The molecule has 0 unspecified atom stereocenters. The Labute approximate surface area is 221 Å². The van der Waals surface area contributed by atoms with Crippen molar-refractivity contribution in [3.05, 3.63) is 115 Å². The molecule has 0 bridgehead atoms. The predicted octanol–water partition coefficient (Wildman–Crippen LogP) is 8.56. The van der Waals surface area contributed by atoms with E-state index in [-0.39, 0.29) is 0 Å². The number of furan rings is 1. The van der Waals surface area contributed by atoms with E-state index in [0.29, 0.717) is 5.82 Å². The molecule has 1 N–H and O–H groups in total. The second-order valence-corrected chi connectivity index (χ2v) is 10.4. The molecule has 4 nitrogen and oxygen atoms in total. The minimum Gasteiger partial charge on any atom is -0.456 e. The van der Waals surface area contributed by atoms with Crippen LogP contribution in [0, 0.1) is 0 Å². The molecule has 0 aliphatic rings. The number of hydrogen-bond donors (Lipinski definition) is 0. The van der Waals surface area contributed by atoms with E-state index in [2.05, 4.69) is 71.7 Å². The number of para-hydroxylation sites is 1. The zero-order valence-corrected chi connectivity index (χ0v) is 21.0. The summed E-state index contributed by atoms with van der Waals surface area (Å²) in [5, 5.41) is 4.56. The van der Waals surface area contributed by atoms with Crippen LogP contribution in [0.3, 0.4) is 0 Å². The smallest absolute Gasteiger partial charge is 0.308 e. The maximum Gasteiger partial charge on any atom is 0.308 e. The van der Waals surface area contributed by atoms with Crippen molar-refractivity contribution < 1.29 is 9.40 Å². The molecule has 0 saturated carbocycles. The van der Waals surface area contributed by atoms with Crippen molar-refractivity contribution in [3.8, 4) is 34.2 Å². The topological polar surface area (TPSA) is 53.1 Å². The lowest BCUT2D eigenvalue weighted by molar-refractivity contribution is -0.359. The van der Waals surface area contributed by atoms with Crippen LogP contribution >= 0.6 is 11.3 Å². The van der Waals surface area contributed by atoms with Crippen molar-refractivity contribution in [2.45, 2.75) is 0 Å². The summed E-state index contributed by atoms with van der Waals surface area (Å²) >= 11 is 1.81. The highest BCUT2D eigenvalue weighted by Crippen LogP contribution is 2.39. The third-order valence-corrected chi connectivity index (χ3v) is 8.16. The molecule has 8 rings (SSSR count). The number of rotatable bonds is 3. The first-order valence-electron chi connectivity index (χ1n) is 12.5. The third kappa shape index (κ3) is 3.26. The number of hydrogen-bond acceptors (Lipinski definition) is 4. The van der Waals surface area contributed by atoms with E-state index in [1.165, 1.54) is 20.2 Å². The summed E-state index contributed by atoms with van der Waals surface area (Å²) in [5.41, 5.74) is 4.71. The Morgan fingerprint density at radius 1 is 0.526 bits per heavy atom. The fraction of sp³-hybridized carbons (Fsp3) is 0. The number of thiophene rings is 1. The molecule has 178 valence electrons. The van der Waals surface area contributed by atoms with Crippen molar-refractivity contribution in [1.29, 1.82) is 0 Å². The van der Waals surface area contributed by atoms with Crippen LogP contribution in [-0.4, -0.2) is 9.97 Å². The Morgan fingerprint density at radius 2 is 1.16 bits per heavy atom. The Hall–Kier alpha value is -4.87. The molecule has 3 heterocycles. The second kappa shape index (κ2) is 8.33. The number of fused-ring (bicyclic) bond motifs is 6. The Bertz CT molecular complexity index is 2010. The van der Waals surface area contributed by atoms with Gasteiger partial charge in [0.2, 0.25) is 0 Å². The highest BCUT2D eigenvalue weighted by molar-refractivity contribution is 7.25. The van der Waals surface area contributed by atoms with Crippen molar-refractivity contribution in [2.75, 3.05) is 0 Å². The Balaban J connectivity index is 1.46. The summed E-state index contributed by atoms with van der Waals surface area (Å²) in [6.07, 6.45) is 0. The van der Waals surface area contributed by atoms with Gasteiger partial charge in [-0.15, -0.1) is 11.3 Å². The Morgan fingerprint density at radius 3 is 2.00 bits per heavy atom. The maximum absolute atomic E-state index is 6.18. The van der Waals surface area contributed by atoms with Gasteiger partial charge in [-0.1, -0.05) is 76.7 Å². The predicted molar refractivity (Wildman–Crippen MR) is 155 cm³/mol. The molecule has 5 heteroatoms. The largest absolute Gasteiger partial charge is 0.456 e. The molecular formula is C33H20N3OS+. The highest BCUT2D eigenvalue weighted by Gasteiger charge is 2.24. The molecule has 0 saturated heterocycles. The van der Waals surface area contributed by atoms with Crippen LogP contribution in [-0.2, 0) is 0 Å². The van der Waals surface area contributed by atoms with Crippen LogP contribution in [0.5, 0.6) is 0 Å². The average Bonchev–Trinajstić information content (AvgIpc) is 3.56. The summed E-state index contributed by atoms with van der Waals surface area (Å²) in [6, 6.07) is 39.4. The van der Waals surface area contributed by atoms with Crippen LogP contribution in [0.2, 0.25) is 0 Å². The van der Waals surface area contributed by atoms with Gasteiger partial charge in [0, 0.05) is 30.9 Å². The number of aromatic nitrogens is 3. The van der Waals surface area contributed by atoms with E-state index >= 15 is 0 Å². The van der Waals surface area contributed by atoms with Crippen LogP contribution in [0.4, 0.5) is 0 Å². The zero-order valence-electron chi connectivity index (χ0n) is 20.2. The summed E-state index contributed by atoms with van der Waals surface area (Å²) in [5.74, 6) is 2.21. The molecule has 0 atom stereocenters. The van der Waals surface area contributed by atoms with Gasteiger partial charge in [-0.3, -0.25) is 0 Å². The van der Waals surface area contributed by atoms with Gasteiger partial charge in [0.25, 0.3) is 11.6 Å². The molecule has 0 amide bonds. The molecule has 8 aromatic rings. The molecule has 3 aromatic heterocycles. The molecule has 0 radical (unpaired) electrons. The van der Waals surface area contributed by atoms with E-state index in [9.17, 15) is 0 Å². The number of nitrogens with one attached hydrogen (secondary N) is 1. The van der Waals surface area contributed by atoms with Gasteiger partial charge >= 0.3 is 5.82 Å². The summed E-state index contributed by atoms with van der Waals surface area (Å²) in [6.45, 7) is 0. The highest BCUT2D eigenvalue weighted by atomic mass is 32.1. The number of benzene rings is 5. The monoisotopic (exact) mass is 506 g/mol. The minimum absolute atomic E-state index is 0.677. The standard InChI is InChI=1S/C33H19N3OS/c1-2-10-20(11-3-1)31-34-32(23-14-8-17-26-29(23)21-12-4-6-16-25(21)37-26)36-33(35-31)24-15-9-19-28-30(24)22-13-5-7-18-27(22)38-28/h1-19H/p+1. The van der Waals surface area contributed by atoms with Crippen LogP contribution in [0.1, 0.15) is 0 Å². The maximum atomic E-state index is 6.18. The van der Waals surface area contributed by atoms with Crippen LogP contribution < -0.4 is 4.98 Å². The summed E-state index contributed by atoms with van der Waals surface area (Å²) in [4.78, 5) is 13.8. The van der Waals surface area contributed by atoms with E-state index < -0.39 is 0 Å². The van der Waals surface area contributed by atoms with Gasteiger partial charge in [-0.25, -0.2) is 4.98 Å². The van der Waals surface area contributed by atoms with Gasteiger partial charge < -0.3 is 4.42 Å². The fourth-order valence-electron chi connectivity index (χ4n) is 5.32. The lowest BCUT2D eigenvalue weighted by atomic mass is 10.0. The normalized spacial score (nSPS) is 11.7. The van der Waals surface area contributed by atoms with Crippen molar-refractivity contribution in [3.63, 3.8) is 0 Å². The van der Waals surface area contributed by atoms with Crippen LogP contribution in [0.15, 0.2) is 120 Å². The molecule has 0 aliphatic carbocycles. The minimum atomic E-state index is 0.677. The third-order valence-electron chi connectivity index (χ3n) is 7.02. The van der Waals surface area contributed by atoms with Crippen molar-refractivity contribution in [1.82, 2.24) is 9.97 Å². The van der Waals surface area contributed by atoms with Gasteiger partial charge in [-0.05, 0) is 48.5 Å². The SMILES string of the molecule is c1ccc(-c2nc(-c3cccc4oc5ccccc5c34)[nH+]c(-c3cccc4sc5ccccc5c34)n2)cc1. The fourth-order valence-corrected chi connectivity index (χ4v) is 6.45. The van der Waals surface area contributed by atoms with Crippen LogP contribution in [0.25, 0.3) is 76.3 Å². The van der Waals surface area contributed by atoms with E-state index in [1.54, 1.807) is 11.3 Å². The van der Waals surface area contributed by atoms with Crippen molar-refractivity contribution in [2.24, 2.45) is 0 Å². The molecule has 0 spiro atoms. The molecule has 5 aromatic carbocycles. The molecule has 0 fully saturated rings. The molecule has 0 aliphatic heterocycles. The van der Waals surface area contributed by atoms with Gasteiger partial charge in [0.15, 0.2) is 0 Å². The molecular weight excluding hydrogens is 486 g/mol. The number of H-pyrrole nitrogens is 1. The average molecular weight is 507 g/mol. The molecule has 38 heavy (non-hydrogen) atoms. The number of aromatic amines is 1. The first kappa shape index (κ1) is 21.2. The van der Waals surface area contributed by atoms with Gasteiger partial charge in [0.05, 0.1) is 16.7 Å². The van der Waals surface area contributed by atoms with Gasteiger partial charge in [-0.2, -0.15) is 0 Å². The van der Waals surface area contributed by atoms with E-state index in [4.69, 9.17) is 14.4 Å². The summed E-state index contributed by atoms with van der Waals surface area (Å²) < 4.78 is 8.69. The van der Waals surface area contributed by atoms with E-state index in [0.717, 1.165) is 50.3 Å². The Kier molecular flexibility index (Phi) is 4.66. The van der Waals surface area contributed by atoms with Gasteiger partial charge in [0.1, 0.15) is 11.2 Å².